The Morgan fingerprint density at radius 3 is 2.62 bits per heavy atom. The highest BCUT2D eigenvalue weighted by atomic mass is 32.1. The van der Waals surface area contributed by atoms with Gasteiger partial charge in [0.05, 0.1) is 12.2 Å². The van der Waals surface area contributed by atoms with Gasteiger partial charge in [-0.3, -0.25) is 9.69 Å². The van der Waals surface area contributed by atoms with E-state index < -0.39 is 0 Å². The number of anilines is 2. The summed E-state index contributed by atoms with van der Waals surface area (Å²) in [7, 11) is 0. The van der Waals surface area contributed by atoms with Gasteiger partial charge in [-0.25, -0.2) is 4.98 Å². The van der Waals surface area contributed by atoms with Crippen LogP contribution in [0.2, 0.25) is 0 Å². The molecule has 2 heterocycles. The number of amides is 1. The van der Waals surface area contributed by atoms with Crippen molar-refractivity contribution < 1.29 is 4.79 Å². The molecule has 26 heavy (non-hydrogen) atoms. The zero-order valence-electron chi connectivity index (χ0n) is 15.9. The first-order chi connectivity index (χ1) is 12.5. The molecule has 140 valence electrons. The fraction of sp³-hybridized carbons (Fsp3) is 0.500. The summed E-state index contributed by atoms with van der Waals surface area (Å²) >= 11 is 1.70. The van der Waals surface area contributed by atoms with E-state index in [2.05, 4.69) is 51.5 Å². The molecule has 1 amide bonds. The molecule has 0 saturated carbocycles. The van der Waals surface area contributed by atoms with E-state index >= 15 is 0 Å². The van der Waals surface area contributed by atoms with E-state index in [4.69, 9.17) is 0 Å². The van der Waals surface area contributed by atoms with Crippen LogP contribution in [-0.4, -0.2) is 48.5 Å². The van der Waals surface area contributed by atoms with Crippen LogP contribution in [0.1, 0.15) is 37.4 Å². The van der Waals surface area contributed by atoms with E-state index in [9.17, 15) is 4.79 Å². The fourth-order valence-corrected chi connectivity index (χ4v) is 4.02. The predicted molar refractivity (Wildman–Crippen MR) is 109 cm³/mol. The second kappa shape index (κ2) is 8.64. The van der Waals surface area contributed by atoms with E-state index in [0.717, 1.165) is 49.1 Å². The number of carbonyl (C=O) groups is 1. The molecule has 0 atom stereocenters. The van der Waals surface area contributed by atoms with Crippen molar-refractivity contribution in [3.8, 4) is 0 Å². The molecule has 6 heteroatoms. The van der Waals surface area contributed by atoms with Gasteiger partial charge in [0.2, 0.25) is 5.91 Å². The molecule has 0 radical (unpaired) electrons. The van der Waals surface area contributed by atoms with Crippen LogP contribution < -0.4 is 10.2 Å². The molecular formula is C20H28N4OS. The first-order valence-electron chi connectivity index (χ1n) is 9.30. The Labute approximate surface area is 160 Å². The minimum absolute atomic E-state index is 0.0563. The van der Waals surface area contributed by atoms with Crippen molar-refractivity contribution in [3.63, 3.8) is 0 Å². The summed E-state index contributed by atoms with van der Waals surface area (Å²) in [6, 6.07) is 8.14. The molecule has 1 aromatic carbocycles. The Bertz CT molecular complexity index is 726. The minimum Gasteiger partial charge on any atom is -0.347 e. The molecule has 1 saturated heterocycles. The van der Waals surface area contributed by atoms with E-state index in [0.29, 0.717) is 12.5 Å². The number of rotatable bonds is 5. The van der Waals surface area contributed by atoms with Gasteiger partial charge in [0.1, 0.15) is 0 Å². The van der Waals surface area contributed by atoms with E-state index in [1.54, 1.807) is 11.3 Å². The third-order valence-electron chi connectivity index (χ3n) is 4.69. The average molecular weight is 373 g/mol. The molecule has 3 rings (SSSR count). The first kappa shape index (κ1) is 18.9. The van der Waals surface area contributed by atoms with Crippen LogP contribution in [0.15, 0.2) is 29.6 Å². The largest absolute Gasteiger partial charge is 0.347 e. The van der Waals surface area contributed by atoms with Crippen LogP contribution in [0, 0.1) is 6.92 Å². The molecular weight excluding hydrogens is 344 g/mol. The van der Waals surface area contributed by atoms with Crippen molar-refractivity contribution in [1.82, 2.24) is 9.88 Å². The molecule has 1 aliphatic rings. The number of hydrogen-bond donors (Lipinski definition) is 1. The summed E-state index contributed by atoms with van der Waals surface area (Å²) in [4.78, 5) is 21.5. The number of aromatic nitrogens is 1. The predicted octanol–water partition coefficient (Wildman–Crippen LogP) is 3.73. The topological polar surface area (TPSA) is 48.5 Å². The Morgan fingerprint density at radius 2 is 1.96 bits per heavy atom. The van der Waals surface area contributed by atoms with Gasteiger partial charge >= 0.3 is 0 Å². The van der Waals surface area contributed by atoms with Gasteiger partial charge in [0.15, 0.2) is 5.13 Å². The lowest BCUT2D eigenvalue weighted by Gasteiger charge is -2.21. The number of nitrogens with zero attached hydrogens (tertiary/aromatic N) is 3. The molecule has 0 unspecified atom stereocenters. The number of carbonyl (C=O) groups excluding carboxylic acids is 1. The Kier molecular flexibility index (Phi) is 6.27. The van der Waals surface area contributed by atoms with Crippen molar-refractivity contribution in [2.24, 2.45) is 0 Å². The molecule has 0 aliphatic carbocycles. The summed E-state index contributed by atoms with van der Waals surface area (Å²) in [6.45, 7) is 10.6. The van der Waals surface area contributed by atoms with Gasteiger partial charge in [-0.1, -0.05) is 26.0 Å². The first-order valence-corrected chi connectivity index (χ1v) is 10.2. The maximum Gasteiger partial charge on any atom is 0.238 e. The summed E-state index contributed by atoms with van der Waals surface area (Å²) in [6.07, 6.45) is 1.05. The van der Waals surface area contributed by atoms with Crippen molar-refractivity contribution in [2.45, 2.75) is 33.1 Å². The number of thiazole rings is 1. The van der Waals surface area contributed by atoms with Crippen LogP contribution in [0.4, 0.5) is 10.8 Å². The van der Waals surface area contributed by atoms with Gasteiger partial charge in [0, 0.05) is 37.2 Å². The van der Waals surface area contributed by atoms with Crippen molar-refractivity contribution in [2.75, 3.05) is 42.9 Å². The maximum absolute atomic E-state index is 12.4. The monoisotopic (exact) mass is 372 g/mol. The molecule has 1 fully saturated rings. The molecule has 0 bridgehead atoms. The van der Waals surface area contributed by atoms with Crippen LogP contribution >= 0.6 is 11.3 Å². The fourth-order valence-electron chi connectivity index (χ4n) is 3.16. The summed E-state index contributed by atoms with van der Waals surface area (Å²) < 4.78 is 0. The third kappa shape index (κ3) is 5.05. The standard InChI is InChI=1S/C20H28N4OS/c1-15(2)17-5-7-18(8-6-17)22-19(25)13-23-9-4-10-24(12-11-23)20-21-16(3)14-26-20/h5-8,14-15H,4,9-13H2,1-3H3,(H,22,25). The summed E-state index contributed by atoms with van der Waals surface area (Å²) in [5.41, 5.74) is 3.23. The van der Waals surface area contributed by atoms with E-state index in [-0.39, 0.29) is 5.91 Å². The lowest BCUT2D eigenvalue weighted by molar-refractivity contribution is -0.117. The van der Waals surface area contributed by atoms with Crippen LogP contribution in [-0.2, 0) is 4.79 Å². The minimum atomic E-state index is 0.0563. The number of hydrogen-bond acceptors (Lipinski definition) is 5. The highest BCUT2D eigenvalue weighted by Gasteiger charge is 2.19. The Morgan fingerprint density at radius 1 is 1.19 bits per heavy atom. The molecule has 2 aromatic rings. The highest BCUT2D eigenvalue weighted by molar-refractivity contribution is 7.13. The normalized spacial score (nSPS) is 15.9. The number of benzene rings is 1. The van der Waals surface area contributed by atoms with Gasteiger partial charge in [-0.2, -0.15) is 0 Å². The molecule has 1 aliphatic heterocycles. The Balaban J connectivity index is 1.50. The van der Waals surface area contributed by atoms with Gasteiger partial charge < -0.3 is 10.2 Å². The summed E-state index contributed by atoms with van der Waals surface area (Å²) in [5.74, 6) is 0.558. The van der Waals surface area contributed by atoms with E-state index in [1.165, 1.54) is 5.56 Å². The maximum atomic E-state index is 12.4. The van der Waals surface area contributed by atoms with E-state index in [1.807, 2.05) is 19.1 Å². The van der Waals surface area contributed by atoms with Gasteiger partial charge in [0.25, 0.3) is 0 Å². The van der Waals surface area contributed by atoms with Crippen molar-refractivity contribution in [1.29, 1.82) is 0 Å². The highest BCUT2D eigenvalue weighted by Crippen LogP contribution is 2.21. The van der Waals surface area contributed by atoms with Gasteiger partial charge in [-0.15, -0.1) is 11.3 Å². The lowest BCUT2D eigenvalue weighted by Crippen LogP contribution is -2.36. The Hall–Kier alpha value is -1.92. The molecule has 1 aromatic heterocycles. The number of nitrogens with one attached hydrogen (secondary N) is 1. The zero-order valence-corrected chi connectivity index (χ0v) is 16.7. The smallest absolute Gasteiger partial charge is 0.238 e. The van der Waals surface area contributed by atoms with Gasteiger partial charge in [-0.05, 0) is 37.0 Å². The molecule has 5 nitrogen and oxygen atoms in total. The zero-order chi connectivity index (χ0) is 18.5. The molecule has 1 N–H and O–H groups in total. The summed E-state index contributed by atoms with van der Waals surface area (Å²) in [5, 5.41) is 6.21. The lowest BCUT2D eigenvalue weighted by atomic mass is 10.0. The second-order valence-corrected chi connectivity index (χ2v) is 8.05. The average Bonchev–Trinajstić information content (AvgIpc) is 2.90. The molecule has 0 spiro atoms. The third-order valence-corrected chi connectivity index (χ3v) is 5.71. The SMILES string of the molecule is Cc1csc(N2CCCN(CC(=O)Nc3ccc(C(C)C)cc3)CC2)n1. The van der Waals surface area contributed by atoms with Crippen molar-refractivity contribution in [3.05, 3.63) is 40.9 Å². The van der Waals surface area contributed by atoms with Crippen LogP contribution in [0.3, 0.4) is 0 Å². The quantitative estimate of drug-likeness (QED) is 0.869. The number of aryl methyl sites for hydroxylation is 1. The van der Waals surface area contributed by atoms with Crippen molar-refractivity contribution >= 4 is 28.1 Å². The van der Waals surface area contributed by atoms with Crippen LogP contribution in [0.25, 0.3) is 0 Å². The second-order valence-electron chi connectivity index (χ2n) is 7.21. The van der Waals surface area contributed by atoms with Crippen LogP contribution in [0.5, 0.6) is 0 Å².